The van der Waals surface area contributed by atoms with Gasteiger partial charge in [0.1, 0.15) is 0 Å². The van der Waals surface area contributed by atoms with Gasteiger partial charge in [-0.3, -0.25) is 4.79 Å². The monoisotopic (exact) mass is 258 g/mol. The van der Waals surface area contributed by atoms with Gasteiger partial charge in [-0.2, -0.15) is 0 Å². The van der Waals surface area contributed by atoms with Crippen molar-refractivity contribution in [2.45, 2.75) is 6.42 Å². The minimum Gasteiger partial charge on any atom is -0.504 e. The minimum atomic E-state index is -0.415. The molecule has 0 aliphatic heterocycles. The summed E-state index contributed by atoms with van der Waals surface area (Å²) >= 11 is 0. The lowest BCUT2D eigenvalue weighted by Gasteiger charge is -2.10. The second kappa shape index (κ2) is 5.44. The largest absolute Gasteiger partial charge is 0.504 e. The first-order chi connectivity index (χ1) is 9.13. The highest BCUT2D eigenvalue weighted by Gasteiger charge is 2.18. The summed E-state index contributed by atoms with van der Waals surface area (Å²) < 4.78 is 4.98. The van der Waals surface area contributed by atoms with E-state index in [4.69, 9.17) is 4.74 Å². The van der Waals surface area contributed by atoms with Crippen LogP contribution in [0.3, 0.4) is 0 Å². The SMILES string of the molecule is COc1c(C(=O)Cc2ccccc2)ccc(O)c1O. The number of methoxy groups -OCH3 is 1. The standard InChI is InChI=1S/C15H14O4/c1-19-15-11(7-8-12(16)14(15)18)13(17)9-10-5-3-2-4-6-10/h2-8,16,18H,9H2,1H3. The number of hydrogen-bond acceptors (Lipinski definition) is 4. The van der Waals surface area contributed by atoms with E-state index in [-0.39, 0.29) is 29.3 Å². The molecule has 0 unspecified atom stereocenters. The van der Waals surface area contributed by atoms with Crippen LogP contribution in [0.5, 0.6) is 17.2 Å². The van der Waals surface area contributed by atoms with Crippen molar-refractivity contribution in [3.05, 3.63) is 53.6 Å². The summed E-state index contributed by atoms with van der Waals surface area (Å²) in [6.45, 7) is 0. The molecular weight excluding hydrogens is 244 g/mol. The van der Waals surface area contributed by atoms with Crippen molar-refractivity contribution in [3.63, 3.8) is 0 Å². The maximum Gasteiger partial charge on any atom is 0.201 e. The second-order valence-electron chi connectivity index (χ2n) is 4.10. The van der Waals surface area contributed by atoms with Crippen molar-refractivity contribution in [3.8, 4) is 17.2 Å². The smallest absolute Gasteiger partial charge is 0.201 e. The van der Waals surface area contributed by atoms with Crippen LogP contribution in [-0.2, 0) is 6.42 Å². The molecule has 0 atom stereocenters. The Labute approximate surface area is 110 Å². The highest BCUT2D eigenvalue weighted by Crippen LogP contribution is 2.38. The zero-order chi connectivity index (χ0) is 13.8. The van der Waals surface area contributed by atoms with E-state index in [0.29, 0.717) is 0 Å². The first-order valence-electron chi connectivity index (χ1n) is 5.79. The molecule has 0 saturated heterocycles. The van der Waals surface area contributed by atoms with Gasteiger partial charge >= 0.3 is 0 Å². The molecule has 0 aromatic heterocycles. The molecule has 0 heterocycles. The number of phenols is 2. The lowest BCUT2D eigenvalue weighted by atomic mass is 10.0. The summed E-state index contributed by atoms with van der Waals surface area (Å²) in [5.74, 6) is -0.909. The Bertz CT molecular complexity index is 591. The molecule has 0 aliphatic carbocycles. The minimum absolute atomic E-state index is 0.000862. The van der Waals surface area contributed by atoms with Crippen molar-refractivity contribution in [2.75, 3.05) is 7.11 Å². The summed E-state index contributed by atoms with van der Waals surface area (Å²) in [4.78, 5) is 12.2. The summed E-state index contributed by atoms with van der Waals surface area (Å²) in [6, 6.07) is 12.0. The highest BCUT2D eigenvalue weighted by molar-refractivity contribution is 6.01. The molecule has 4 nitrogen and oxygen atoms in total. The molecule has 2 N–H and O–H groups in total. The average molecular weight is 258 g/mol. The van der Waals surface area contributed by atoms with Crippen LogP contribution in [0, 0.1) is 0 Å². The summed E-state index contributed by atoms with van der Waals surface area (Å²) in [6.07, 6.45) is 0.210. The summed E-state index contributed by atoms with van der Waals surface area (Å²) in [5.41, 5.74) is 1.13. The molecule has 0 saturated carbocycles. The first-order valence-corrected chi connectivity index (χ1v) is 5.79. The van der Waals surface area contributed by atoms with Crippen LogP contribution in [0.1, 0.15) is 15.9 Å². The van der Waals surface area contributed by atoms with Crippen LogP contribution in [0.2, 0.25) is 0 Å². The number of rotatable bonds is 4. The number of aromatic hydroxyl groups is 2. The maximum atomic E-state index is 12.2. The zero-order valence-corrected chi connectivity index (χ0v) is 10.5. The number of benzene rings is 2. The van der Waals surface area contributed by atoms with E-state index in [0.717, 1.165) is 5.56 Å². The number of hydrogen-bond donors (Lipinski definition) is 2. The lowest BCUT2D eigenvalue weighted by Crippen LogP contribution is -2.05. The number of ether oxygens (including phenoxy) is 1. The van der Waals surface area contributed by atoms with Crippen LogP contribution < -0.4 is 4.74 Å². The van der Waals surface area contributed by atoms with Gasteiger partial charge in [-0.15, -0.1) is 0 Å². The van der Waals surface area contributed by atoms with E-state index >= 15 is 0 Å². The van der Waals surface area contributed by atoms with E-state index in [9.17, 15) is 15.0 Å². The van der Waals surface area contributed by atoms with Gasteiger partial charge < -0.3 is 14.9 Å². The molecular formula is C15H14O4. The molecule has 19 heavy (non-hydrogen) atoms. The number of phenolic OH excluding ortho intramolecular Hbond substituents is 2. The van der Waals surface area contributed by atoms with E-state index in [1.165, 1.54) is 19.2 Å². The summed E-state index contributed by atoms with van der Waals surface area (Å²) in [5, 5.41) is 19.1. The van der Waals surface area contributed by atoms with Crippen LogP contribution in [0.25, 0.3) is 0 Å². The predicted octanol–water partition coefficient (Wildman–Crippen LogP) is 2.53. The molecule has 2 aromatic carbocycles. The Balaban J connectivity index is 2.32. The summed E-state index contributed by atoms with van der Waals surface area (Å²) in [7, 11) is 1.34. The number of ketones is 1. The van der Waals surface area contributed by atoms with Gasteiger partial charge in [0.05, 0.1) is 12.7 Å². The third-order valence-electron chi connectivity index (χ3n) is 2.82. The van der Waals surface area contributed by atoms with E-state index in [1.54, 1.807) is 0 Å². The van der Waals surface area contributed by atoms with Crippen LogP contribution in [-0.4, -0.2) is 23.1 Å². The van der Waals surface area contributed by atoms with E-state index in [2.05, 4.69) is 0 Å². The van der Waals surface area contributed by atoms with Crippen LogP contribution >= 0.6 is 0 Å². The molecule has 0 aliphatic rings. The van der Waals surface area contributed by atoms with E-state index < -0.39 is 5.75 Å². The Hall–Kier alpha value is -2.49. The van der Waals surface area contributed by atoms with Crippen molar-refractivity contribution in [2.24, 2.45) is 0 Å². The quantitative estimate of drug-likeness (QED) is 0.653. The predicted molar refractivity (Wildman–Crippen MR) is 70.8 cm³/mol. The average Bonchev–Trinajstić information content (AvgIpc) is 2.42. The van der Waals surface area contributed by atoms with Gasteiger partial charge in [0.25, 0.3) is 0 Å². The molecule has 2 rings (SSSR count). The highest BCUT2D eigenvalue weighted by atomic mass is 16.5. The Morgan fingerprint density at radius 2 is 1.79 bits per heavy atom. The van der Waals surface area contributed by atoms with Crippen molar-refractivity contribution < 1.29 is 19.7 Å². The van der Waals surface area contributed by atoms with Gasteiger partial charge in [0.15, 0.2) is 17.3 Å². The Kier molecular flexibility index (Phi) is 3.71. The van der Waals surface area contributed by atoms with Gasteiger partial charge in [0.2, 0.25) is 5.75 Å². The third-order valence-corrected chi connectivity index (χ3v) is 2.82. The number of Topliss-reactive ketones (excluding diaryl/α,β-unsaturated/α-hetero) is 1. The molecule has 4 heteroatoms. The topological polar surface area (TPSA) is 66.8 Å². The maximum absolute atomic E-state index is 12.2. The van der Waals surface area contributed by atoms with Gasteiger partial charge in [0, 0.05) is 6.42 Å². The molecule has 0 fully saturated rings. The van der Waals surface area contributed by atoms with Gasteiger partial charge in [-0.1, -0.05) is 30.3 Å². The molecule has 0 radical (unpaired) electrons. The second-order valence-corrected chi connectivity index (χ2v) is 4.10. The Morgan fingerprint density at radius 1 is 1.11 bits per heavy atom. The number of carbonyl (C=O) groups is 1. The normalized spacial score (nSPS) is 10.2. The Morgan fingerprint density at radius 3 is 2.42 bits per heavy atom. The third kappa shape index (κ3) is 2.68. The molecule has 98 valence electrons. The van der Waals surface area contributed by atoms with Gasteiger partial charge in [-0.05, 0) is 17.7 Å². The van der Waals surface area contributed by atoms with Crippen LogP contribution in [0.15, 0.2) is 42.5 Å². The molecule has 0 spiro atoms. The fourth-order valence-electron chi connectivity index (χ4n) is 1.86. The fourth-order valence-corrected chi connectivity index (χ4v) is 1.86. The van der Waals surface area contributed by atoms with Crippen LogP contribution in [0.4, 0.5) is 0 Å². The number of carbonyl (C=O) groups excluding carboxylic acids is 1. The fraction of sp³-hybridized carbons (Fsp3) is 0.133. The zero-order valence-electron chi connectivity index (χ0n) is 10.5. The lowest BCUT2D eigenvalue weighted by molar-refractivity contribution is 0.0989. The van der Waals surface area contributed by atoms with Gasteiger partial charge in [-0.25, -0.2) is 0 Å². The molecule has 0 bridgehead atoms. The molecule has 2 aromatic rings. The first kappa shape index (κ1) is 13.0. The van der Waals surface area contributed by atoms with Crippen molar-refractivity contribution >= 4 is 5.78 Å². The van der Waals surface area contributed by atoms with E-state index in [1.807, 2.05) is 30.3 Å². The van der Waals surface area contributed by atoms with Crippen molar-refractivity contribution in [1.29, 1.82) is 0 Å². The molecule has 0 amide bonds. The van der Waals surface area contributed by atoms with Crippen molar-refractivity contribution in [1.82, 2.24) is 0 Å².